The summed E-state index contributed by atoms with van der Waals surface area (Å²) in [5.41, 5.74) is -1.93. The Morgan fingerprint density at radius 1 is 1.31 bits per heavy atom. The Morgan fingerprint density at radius 2 is 1.92 bits per heavy atom. The van der Waals surface area contributed by atoms with Gasteiger partial charge in [0, 0.05) is 0 Å². The SMILES string of the molecule is CCCCCCOS(=O)(=O)C(C)F. The van der Waals surface area contributed by atoms with Crippen LogP contribution in [0.5, 0.6) is 0 Å². The van der Waals surface area contributed by atoms with Crippen molar-refractivity contribution in [1.29, 1.82) is 0 Å². The highest BCUT2D eigenvalue weighted by Gasteiger charge is 2.19. The van der Waals surface area contributed by atoms with Crippen molar-refractivity contribution >= 4 is 10.1 Å². The molecule has 0 rings (SSSR count). The molecule has 3 nitrogen and oxygen atoms in total. The van der Waals surface area contributed by atoms with Crippen LogP contribution in [-0.4, -0.2) is 20.5 Å². The van der Waals surface area contributed by atoms with Gasteiger partial charge in [0.15, 0.2) is 0 Å². The minimum absolute atomic E-state index is 0.0938. The Labute approximate surface area is 79.4 Å². The minimum atomic E-state index is -3.95. The molecule has 0 N–H and O–H groups in total. The molecule has 0 fully saturated rings. The van der Waals surface area contributed by atoms with Gasteiger partial charge < -0.3 is 0 Å². The maximum Gasteiger partial charge on any atom is 0.299 e. The summed E-state index contributed by atoms with van der Waals surface area (Å²) in [6.07, 6.45) is 3.72. The number of rotatable bonds is 7. The molecular formula is C8H17FO3S. The third-order valence-electron chi connectivity index (χ3n) is 1.64. The van der Waals surface area contributed by atoms with E-state index in [4.69, 9.17) is 0 Å². The van der Waals surface area contributed by atoms with Gasteiger partial charge in [0.2, 0.25) is 5.50 Å². The second-order valence-electron chi connectivity index (χ2n) is 2.92. The molecule has 0 heterocycles. The molecule has 80 valence electrons. The number of unbranched alkanes of at least 4 members (excludes halogenated alkanes) is 3. The molecule has 0 amide bonds. The summed E-state index contributed by atoms with van der Waals surface area (Å²) in [5.74, 6) is 0. The Hall–Kier alpha value is -0.160. The zero-order valence-electron chi connectivity index (χ0n) is 8.12. The van der Waals surface area contributed by atoms with Crippen LogP contribution in [-0.2, 0) is 14.3 Å². The van der Waals surface area contributed by atoms with Crippen molar-refractivity contribution < 1.29 is 17.0 Å². The first-order valence-corrected chi connectivity index (χ1v) is 6.00. The number of hydrogen-bond acceptors (Lipinski definition) is 3. The van der Waals surface area contributed by atoms with Crippen LogP contribution in [0.3, 0.4) is 0 Å². The van der Waals surface area contributed by atoms with Crippen LogP contribution >= 0.6 is 0 Å². The fourth-order valence-electron chi connectivity index (χ4n) is 0.798. The lowest BCUT2D eigenvalue weighted by atomic mass is 10.2. The van der Waals surface area contributed by atoms with E-state index in [-0.39, 0.29) is 6.61 Å². The molecule has 0 aromatic rings. The van der Waals surface area contributed by atoms with E-state index < -0.39 is 15.6 Å². The van der Waals surface area contributed by atoms with E-state index >= 15 is 0 Å². The van der Waals surface area contributed by atoms with Crippen molar-refractivity contribution in [3.8, 4) is 0 Å². The summed E-state index contributed by atoms with van der Waals surface area (Å²) in [6, 6.07) is 0. The standard InChI is InChI=1S/C8H17FO3S/c1-3-4-5-6-7-12-13(10,11)8(2)9/h8H,3-7H2,1-2H3. The van der Waals surface area contributed by atoms with Crippen molar-refractivity contribution in [3.63, 3.8) is 0 Å². The molecule has 13 heavy (non-hydrogen) atoms. The highest BCUT2D eigenvalue weighted by Crippen LogP contribution is 2.07. The van der Waals surface area contributed by atoms with Gasteiger partial charge in [-0.05, 0) is 13.3 Å². The quantitative estimate of drug-likeness (QED) is 0.480. The first kappa shape index (κ1) is 12.8. The van der Waals surface area contributed by atoms with Crippen LogP contribution in [0.1, 0.15) is 39.5 Å². The summed E-state index contributed by atoms with van der Waals surface area (Å²) in [4.78, 5) is 0. The van der Waals surface area contributed by atoms with E-state index in [1.807, 2.05) is 0 Å². The van der Waals surface area contributed by atoms with Crippen LogP contribution < -0.4 is 0 Å². The van der Waals surface area contributed by atoms with Gasteiger partial charge in [0.05, 0.1) is 6.61 Å². The lowest BCUT2D eigenvalue weighted by Crippen LogP contribution is -2.16. The summed E-state index contributed by atoms with van der Waals surface area (Å²) < 4.78 is 38.3. The molecule has 0 radical (unpaired) electrons. The van der Waals surface area contributed by atoms with Gasteiger partial charge in [-0.1, -0.05) is 26.2 Å². The van der Waals surface area contributed by atoms with E-state index in [0.29, 0.717) is 6.42 Å². The molecule has 0 saturated carbocycles. The monoisotopic (exact) mass is 212 g/mol. The molecule has 0 saturated heterocycles. The molecule has 0 aromatic heterocycles. The molecular weight excluding hydrogens is 195 g/mol. The topological polar surface area (TPSA) is 43.4 Å². The van der Waals surface area contributed by atoms with E-state index in [1.54, 1.807) is 0 Å². The van der Waals surface area contributed by atoms with Gasteiger partial charge in [0.1, 0.15) is 0 Å². The highest BCUT2D eigenvalue weighted by atomic mass is 32.2. The van der Waals surface area contributed by atoms with Gasteiger partial charge in [-0.15, -0.1) is 0 Å². The maximum absolute atomic E-state index is 12.3. The van der Waals surface area contributed by atoms with E-state index in [1.165, 1.54) is 0 Å². The molecule has 5 heteroatoms. The first-order chi connectivity index (χ1) is 6.00. The Bertz CT molecular complexity index is 211. The molecule has 0 aliphatic carbocycles. The zero-order valence-corrected chi connectivity index (χ0v) is 8.94. The zero-order chi connectivity index (χ0) is 10.3. The average Bonchev–Trinajstić information content (AvgIpc) is 2.03. The summed E-state index contributed by atoms with van der Waals surface area (Å²) in [7, 11) is -3.95. The predicted octanol–water partition coefficient (Wildman–Crippen LogP) is 2.23. The van der Waals surface area contributed by atoms with Gasteiger partial charge in [-0.2, -0.15) is 8.42 Å². The Kier molecular flexibility index (Phi) is 6.24. The smallest absolute Gasteiger partial charge is 0.268 e. The maximum atomic E-state index is 12.3. The van der Waals surface area contributed by atoms with Crippen molar-refractivity contribution in [2.24, 2.45) is 0 Å². The lowest BCUT2D eigenvalue weighted by molar-refractivity contribution is 0.282. The van der Waals surface area contributed by atoms with Crippen molar-refractivity contribution in [3.05, 3.63) is 0 Å². The fraction of sp³-hybridized carbons (Fsp3) is 1.00. The highest BCUT2D eigenvalue weighted by molar-refractivity contribution is 7.87. The molecule has 0 aromatic carbocycles. The third-order valence-corrected chi connectivity index (χ3v) is 2.93. The normalized spacial score (nSPS) is 14.4. The van der Waals surface area contributed by atoms with Crippen LogP contribution in [0, 0.1) is 0 Å². The summed E-state index contributed by atoms with van der Waals surface area (Å²) >= 11 is 0. The summed E-state index contributed by atoms with van der Waals surface area (Å²) in [6.45, 7) is 3.11. The molecule has 0 aliphatic heterocycles. The van der Waals surface area contributed by atoms with Gasteiger partial charge in [0.25, 0.3) is 10.1 Å². The molecule has 0 bridgehead atoms. The first-order valence-electron chi connectivity index (χ1n) is 4.53. The second kappa shape index (κ2) is 6.32. The third kappa shape index (κ3) is 5.99. The van der Waals surface area contributed by atoms with Gasteiger partial charge in [-0.3, -0.25) is 4.18 Å². The van der Waals surface area contributed by atoms with Crippen LogP contribution in [0.4, 0.5) is 4.39 Å². The lowest BCUT2D eigenvalue weighted by Gasteiger charge is -2.05. The second-order valence-corrected chi connectivity index (χ2v) is 4.79. The van der Waals surface area contributed by atoms with Crippen molar-refractivity contribution in [2.45, 2.75) is 45.0 Å². The van der Waals surface area contributed by atoms with E-state index in [0.717, 1.165) is 26.2 Å². The van der Waals surface area contributed by atoms with Gasteiger partial charge in [-0.25, -0.2) is 4.39 Å². The van der Waals surface area contributed by atoms with Crippen LogP contribution in [0.15, 0.2) is 0 Å². The van der Waals surface area contributed by atoms with Crippen LogP contribution in [0.2, 0.25) is 0 Å². The minimum Gasteiger partial charge on any atom is -0.268 e. The van der Waals surface area contributed by atoms with E-state index in [2.05, 4.69) is 11.1 Å². The molecule has 0 aliphatic rings. The summed E-state index contributed by atoms with van der Waals surface area (Å²) in [5, 5.41) is 0. The molecule has 1 atom stereocenters. The number of hydrogen-bond donors (Lipinski definition) is 0. The fourth-order valence-corrected chi connectivity index (χ4v) is 1.34. The molecule has 0 spiro atoms. The van der Waals surface area contributed by atoms with E-state index in [9.17, 15) is 12.8 Å². The van der Waals surface area contributed by atoms with Crippen molar-refractivity contribution in [1.82, 2.24) is 0 Å². The number of halogens is 1. The average molecular weight is 212 g/mol. The number of alkyl halides is 1. The van der Waals surface area contributed by atoms with Crippen LogP contribution in [0.25, 0.3) is 0 Å². The molecule has 1 unspecified atom stereocenters. The van der Waals surface area contributed by atoms with Crippen molar-refractivity contribution in [2.75, 3.05) is 6.61 Å². The Balaban J connectivity index is 3.53. The predicted molar refractivity (Wildman–Crippen MR) is 49.6 cm³/mol. The van der Waals surface area contributed by atoms with Gasteiger partial charge >= 0.3 is 0 Å². The Morgan fingerprint density at radius 3 is 2.38 bits per heavy atom. The largest absolute Gasteiger partial charge is 0.299 e.